The summed E-state index contributed by atoms with van der Waals surface area (Å²) in [5.41, 5.74) is 0.809. The molecule has 0 aromatic carbocycles. The highest BCUT2D eigenvalue weighted by Crippen LogP contribution is 2.37. The van der Waals surface area contributed by atoms with E-state index in [2.05, 4.69) is 9.71 Å². The Morgan fingerprint density at radius 3 is 2.88 bits per heavy atom. The van der Waals surface area contributed by atoms with Crippen LogP contribution in [0.15, 0.2) is 9.72 Å². The second-order valence-corrected chi connectivity index (χ2v) is 6.94. The number of sulfonamides is 1. The third-order valence-electron chi connectivity index (χ3n) is 2.79. The predicted octanol–water partition coefficient (Wildman–Crippen LogP) is 0.776. The molecule has 1 aliphatic carbocycles. The van der Waals surface area contributed by atoms with E-state index in [0.717, 1.165) is 17.8 Å². The average molecular weight is 276 g/mol. The van der Waals surface area contributed by atoms with E-state index in [4.69, 9.17) is 5.11 Å². The van der Waals surface area contributed by atoms with Crippen molar-refractivity contribution in [2.24, 2.45) is 11.8 Å². The van der Waals surface area contributed by atoms with Crippen LogP contribution in [0.5, 0.6) is 0 Å². The molecule has 2 atom stereocenters. The Kier molecular flexibility index (Phi) is 3.19. The smallest absolute Gasteiger partial charge is 0.356 e. The highest BCUT2D eigenvalue weighted by atomic mass is 32.2. The molecule has 2 N–H and O–H groups in total. The molecule has 0 spiro atoms. The Balaban J connectivity index is 2.13. The molecule has 0 bridgehead atoms. The Bertz CT molecular complexity index is 537. The van der Waals surface area contributed by atoms with Gasteiger partial charge in [0.15, 0.2) is 9.90 Å². The van der Waals surface area contributed by atoms with Crippen LogP contribution in [0.4, 0.5) is 0 Å². The van der Waals surface area contributed by atoms with Crippen molar-refractivity contribution in [3.05, 3.63) is 11.2 Å². The largest absolute Gasteiger partial charge is 0.476 e. The molecule has 2 unspecified atom stereocenters. The van der Waals surface area contributed by atoms with Gasteiger partial charge in [-0.05, 0) is 18.3 Å². The van der Waals surface area contributed by atoms with Gasteiger partial charge in [-0.1, -0.05) is 6.92 Å². The number of rotatable bonds is 5. The first kappa shape index (κ1) is 12.5. The zero-order valence-corrected chi connectivity index (χ0v) is 10.7. The number of carboxylic acids is 1. The molecule has 1 heterocycles. The molecule has 0 aliphatic heterocycles. The maximum Gasteiger partial charge on any atom is 0.356 e. The molecule has 1 saturated carbocycles. The van der Waals surface area contributed by atoms with Gasteiger partial charge < -0.3 is 5.11 Å². The number of hydrogen-bond acceptors (Lipinski definition) is 5. The Labute approximate surface area is 103 Å². The van der Waals surface area contributed by atoms with Crippen LogP contribution in [0.3, 0.4) is 0 Å². The first-order chi connectivity index (χ1) is 7.92. The summed E-state index contributed by atoms with van der Waals surface area (Å²) in [5.74, 6) is -0.421. The molecular weight excluding hydrogens is 264 g/mol. The summed E-state index contributed by atoms with van der Waals surface area (Å²) in [6.45, 7) is 2.41. The van der Waals surface area contributed by atoms with Gasteiger partial charge in [-0.15, -0.1) is 11.3 Å². The summed E-state index contributed by atoms with van der Waals surface area (Å²) < 4.78 is 25.9. The van der Waals surface area contributed by atoms with Crippen molar-refractivity contribution in [2.45, 2.75) is 17.6 Å². The van der Waals surface area contributed by atoms with E-state index in [-0.39, 0.29) is 4.21 Å². The summed E-state index contributed by atoms with van der Waals surface area (Å²) >= 11 is 0.815. The first-order valence-corrected chi connectivity index (χ1v) is 7.44. The van der Waals surface area contributed by atoms with Gasteiger partial charge in [0.2, 0.25) is 0 Å². The maximum absolute atomic E-state index is 11.9. The molecule has 0 saturated heterocycles. The number of aromatic nitrogens is 1. The fourth-order valence-electron chi connectivity index (χ4n) is 1.53. The molecule has 1 fully saturated rings. The van der Waals surface area contributed by atoms with Crippen LogP contribution in [0.2, 0.25) is 0 Å². The van der Waals surface area contributed by atoms with Gasteiger partial charge in [0.25, 0.3) is 10.0 Å². The summed E-state index contributed by atoms with van der Waals surface area (Å²) in [5, 5.41) is 8.80. The van der Waals surface area contributed by atoms with E-state index >= 15 is 0 Å². The lowest BCUT2D eigenvalue weighted by molar-refractivity contribution is 0.0687. The van der Waals surface area contributed by atoms with E-state index in [0.29, 0.717) is 18.4 Å². The number of nitrogens with one attached hydrogen (secondary N) is 1. The third kappa shape index (κ3) is 2.64. The second kappa shape index (κ2) is 4.35. The number of aromatic carboxylic acids is 1. The van der Waals surface area contributed by atoms with Crippen molar-refractivity contribution in [1.82, 2.24) is 9.71 Å². The molecule has 8 heteroatoms. The molecular formula is C9H12N2O4S2. The van der Waals surface area contributed by atoms with E-state index < -0.39 is 21.7 Å². The standard InChI is InChI=1S/C9H12N2O4S2/c1-5-2-6(5)3-11-17(14,15)9-7(8(12)13)10-4-16-9/h4-6,11H,2-3H2,1H3,(H,12,13). The van der Waals surface area contributed by atoms with Crippen LogP contribution in [0, 0.1) is 11.8 Å². The van der Waals surface area contributed by atoms with Gasteiger partial charge >= 0.3 is 5.97 Å². The van der Waals surface area contributed by atoms with E-state index in [1.165, 1.54) is 5.51 Å². The Morgan fingerprint density at radius 2 is 2.35 bits per heavy atom. The fourth-order valence-corrected chi connectivity index (χ4v) is 3.81. The summed E-state index contributed by atoms with van der Waals surface area (Å²) in [7, 11) is -3.75. The Hall–Kier alpha value is -0.990. The lowest BCUT2D eigenvalue weighted by Crippen LogP contribution is -2.26. The van der Waals surface area contributed by atoms with E-state index in [1.807, 2.05) is 6.92 Å². The van der Waals surface area contributed by atoms with Crippen LogP contribution in [-0.4, -0.2) is 31.0 Å². The molecule has 0 radical (unpaired) electrons. The van der Waals surface area contributed by atoms with Crippen LogP contribution in [0.25, 0.3) is 0 Å². The zero-order valence-electron chi connectivity index (χ0n) is 9.08. The second-order valence-electron chi connectivity index (χ2n) is 4.12. The first-order valence-electron chi connectivity index (χ1n) is 5.08. The monoisotopic (exact) mass is 276 g/mol. The normalized spacial score (nSPS) is 23.6. The van der Waals surface area contributed by atoms with Crippen molar-refractivity contribution in [1.29, 1.82) is 0 Å². The number of carboxylic acid groups (broad SMARTS) is 1. The minimum atomic E-state index is -3.75. The summed E-state index contributed by atoms with van der Waals surface area (Å²) in [6.07, 6.45) is 1.01. The van der Waals surface area contributed by atoms with Gasteiger partial charge in [0.05, 0.1) is 5.51 Å². The molecule has 0 amide bonds. The summed E-state index contributed by atoms with van der Waals surface area (Å²) in [6, 6.07) is 0. The lowest BCUT2D eigenvalue weighted by Gasteiger charge is -2.04. The van der Waals surface area contributed by atoms with Crippen molar-refractivity contribution in [3.8, 4) is 0 Å². The van der Waals surface area contributed by atoms with Crippen molar-refractivity contribution in [2.75, 3.05) is 6.54 Å². The van der Waals surface area contributed by atoms with Crippen molar-refractivity contribution < 1.29 is 18.3 Å². The molecule has 6 nitrogen and oxygen atoms in total. The number of hydrogen-bond donors (Lipinski definition) is 2. The van der Waals surface area contributed by atoms with E-state index in [9.17, 15) is 13.2 Å². The highest BCUT2D eigenvalue weighted by molar-refractivity contribution is 7.91. The number of nitrogens with zero attached hydrogens (tertiary/aromatic N) is 1. The minimum absolute atomic E-state index is 0.224. The van der Waals surface area contributed by atoms with Crippen molar-refractivity contribution in [3.63, 3.8) is 0 Å². The fraction of sp³-hybridized carbons (Fsp3) is 0.556. The van der Waals surface area contributed by atoms with Crippen LogP contribution in [-0.2, 0) is 10.0 Å². The maximum atomic E-state index is 11.9. The Morgan fingerprint density at radius 1 is 1.71 bits per heavy atom. The third-order valence-corrected chi connectivity index (χ3v) is 5.59. The zero-order chi connectivity index (χ0) is 12.6. The predicted molar refractivity (Wildman–Crippen MR) is 61.5 cm³/mol. The van der Waals surface area contributed by atoms with E-state index in [1.54, 1.807) is 0 Å². The summed E-state index contributed by atoms with van der Waals surface area (Å²) in [4.78, 5) is 14.3. The van der Waals surface area contributed by atoms with Crippen LogP contribution in [0.1, 0.15) is 23.8 Å². The van der Waals surface area contributed by atoms with Gasteiger partial charge in [-0.2, -0.15) is 0 Å². The van der Waals surface area contributed by atoms with Gasteiger partial charge in [-0.3, -0.25) is 0 Å². The molecule has 17 heavy (non-hydrogen) atoms. The lowest BCUT2D eigenvalue weighted by atomic mass is 10.3. The van der Waals surface area contributed by atoms with Gasteiger partial charge in [-0.25, -0.2) is 22.9 Å². The minimum Gasteiger partial charge on any atom is -0.476 e. The topological polar surface area (TPSA) is 96.4 Å². The quantitative estimate of drug-likeness (QED) is 0.828. The van der Waals surface area contributed by atoms with Crippen LogP contribution >= 0.6 is 11.3 Å². The highest BCUT2D eigenvalue weighted by Gasteiger charge is 2.34. The number of carbonyl (C=O) groups is 1. The van der Waals surface area contributed by atoms with Crippen LogP contribution < -0.4 is 4.72 Å². The number of thiazole rings is 1. The SMILES string of the molecule is CC1CC1CNS(=O)(=O)c1scnc1C(=O)O. The molecule has 1 aromatic heterocycles. The van der Waals surface area contributed by atoms with Gasteiger partial charge in [0, 0.05) is 6.54 Å². The average Bonchev–Trinajstić information content (AvgIpc) is 2.78. The molecule has 94 valence electrons. The molecule has 1 aromatic rings. The molecule has 2 rings (SSSR count). The van der Waals surface area contributed by atoms with Gasteiger partial charge in [0.1, 0.15) is 0 Å². The van der Waals surface area contributed by atoms with Crippen molar-refractivity contribution >= 4 is 27.3 Å². The molecule has 1 aliphatic rings.